The van der Waals surface area contributed by atoms with E-state index in [9.17, 15) is 17.6 Å². The number of carbonyl (C=O) groups is 1. The number of sulfonamides is 1. The number of nitrogens with zero attached hydrogens (tertiary/aromatic N) is 1. The molecule has 28 heavy (non-hydrogen) atoms. The molecule has 1 fully saturated rings. The van der Waals surface area contributed by atoms with E-state index in [0.717, 1.165) is 19.5 Å². The lowest BCUT2D eigenvalue weighted by molar-refractivity contribution is 0.0956. The molecule has 2 aromatic carbocycles. The zero-order chi connectivity index (χ0) is 19.9. The number of benzene rings is 2. The summed E-state index contributed by atoms with van der Waals surface area (Å²) in [5, 5.41) is 0.115. The topological polar surface area (TPSA) is 88.8 Å². The predicted molar refractivity (Wildman–Crippen MR) is 101 cm³/mol. The number of rotatable bonds is 5. The quantitative estimate of drug-likeness (QED) is 0.703. The number of hydrogen-bond acceptors (Lipinski definition) is 6. The Morgan fingerprint density at radius 1 is 1.21 bits per heavy atom. The maximum absolute atomic E-state index is 14.4. The van der Waals surface area contributed by atoms with Crippen LogP contribution in [0, 0.1) is 5.82 Å². The maximum atomic E-state index is 14.4. The van der Waals surface area contributed by atoms with Crippen molar-refractivity contribution in [2.45, 2.75) is 11.3 Å². The fourth-order valence-corrected chi connectivity index (χ4v) is 4.15. The highest BCUT2D eigenvalue weighted by atomic mass is 32.2. The lowest BCUT2D eigenvalue weighted by Gasteiger charge is -2.33. The van der Waals surface area contributed by atoms with Crippen LogP contribution >= 0.6 is 0 Å². The summed E-state index contributed by atoms with van der Waals surface area (Å²) in [4.78, 5) is 14.2. The second-order valence-corrected chi connectivity index (χ2v) is 8.03. The molecule has 0 radical (unpaired) electrons. The maximum Gasteiger partial charge on any atom is 0.300 e. The van der Waals surface area contributed by atoms with Crippen LogP contribution in [0.15, 0.2) is 51.8 Å². The number of halogens is 1. The Labute approximate surface area is 160 Å². The number of anilines is 1. The van der Waals surface area contributed by atoms with Crippen molar-refractivity contribution in [1.82, 2.24) is 4.72 Å². The summed E-state index contributed by atoms with van der Waals surface area (Å²) in [6.07, 6.45) is 1.03. The van der Waals surface area contributed by atoms with Gasteiger partial charge in [-0.2, -0.15) is 0 Å². The average molecular weight is 404 g/mol. The van der Waals surface area contributed by atoms with Gasteiger partial charge in [0, 0.05) is 30.9 Å². The predicted octanol–water partition coefficient (Wildman–Crippen LogP) is 2.91. The number of furan rings is 1. The number of amides is 1. The summed E-state index contributed by atoms with van der Waals surface area (Å²) in [5.74, 6) is -1.73. The highest BCUT2D eigenvalue weighted by Crippen LogP contribution is 2.30. The number of para-hydroxylation sites is 1. The van der Waals surface area contributed by atoms with Crippen LogP contribution in [-0.4, -0.2) is 34.5 Å². The summed E-state index contributed by atoms with van der Waals surface area (Å²) in [7, 11) is -2.87. The third-order valence-corrected chi connectivity index (χ3v) is 5.97. The Morgan fingerprint density at radius 3 is 2.64 bits per heavy atom. The van der Waals surface area contributed by atoms with Crippen LogP contribution in [-0.2, 0) is 10.0 Å². The lowest BCUT2D eigenvalue weighted by atomic mass is 10.1. The van der Waals surface area contributed by atoms with Crippen molar-refractivity contribution in [2.75, 3.05) is 25.1 Å². The fourth-order valence-electron chi connectivity index (χ4n) is 3.02. The first-order valence-electron chi connectivity index (χ1n) is 8.57. The minimum atomic E-state index is -4.20. The van der Waals surface area contributed by atoms with Crippen molar-refractivity contribution in [2.24, 2.45) is 0 Å². The Kier molecular flexibility index (Phi) is 4.46. The van der Waals surface area contributed by atoms with Gasteiger partial charge in [-0.25, -0.2) is 17.5 Å². The first-order chi connectivity index (χ1) is 13.4. The van der Waals surface area contributed by atoms with E-state index in [1.54, 1.807) is 12.1 Å². The van der Waals surface area contributed by atoms with Gasteiger partial charge in [0.15, 0.2) is 5.76 Å². The van der Waals surface area contributed by atoms with Gasteiger partial charge in [-0.05, 0) is 24.6 Å². The molecule has 0 aliphatic carbocycles. The van der Waals surface area contributed by atoms with Gasteiger partial charge in [0.25, 0.3) is 10.0 Å². The zero-order valence-electron chi connectivity index (χ0n) is 14.9. The molecule has 0 unspecified atom stereocenters. The molecule has 1 aliphatic rings. The minimum absolute atomic E-state index is 0.0950. The third kappa shape index (κ3) is 3.18. The van der Waals surface area contributed by atoms with Crippen molar-refractivity contribution in [3.63, 3.8) is 0 Å². The van der Waals surface area contributed by atoms with E-state index in [1.165, 1.54) is 37.4 Å². The van der Waals surface area contributed by atoms with Crippen molar-refractivity contribution in [3.05, 3.63) is 54.0 Å². The molecule has 2 heterocycles. The van der Waals surface area contributed by atoms with E-state index in [2.05, 4.69) is 0 Å². The van der Waals surface area contributed by atoms with E-state index < -0.39 is 21.7 Å². The van der Waals surface area contributed by atoms with Gasteiger partial charge in [0.2, 0.25) is 0 Å². The first-order valence-corrected chi connectivity index (χ1v) is 10.1. The molecule has 9 heteroatoms. The highest BCUT2D eigenvalue weighted by Gasteiger charge is 2.25. The van der Waals surface area contributed by atoms with E-state index in [1.807, 2.05) is 9.62 Å². The number of hydrogen-bond donors (Lipinski definition) is 1. The molecule has 4 rings (SSSR count). The Bertz CT molecular complexity index is 1170. The summed E-state index contributed by atoms with van der Waals surface area (Å²) in [6.45, 7) is 1.66. The molecule has 1 N–H and O–H groups in total. The van der Waals surface area contributed by atoms with Crippen LogP contribution < -0.4 is 14.4 Å². The second-order valence-electron chi connectivity index (χ2n) is 6.38. The van der Waals surface area contributed by atoms with Gasteiger partial charge >= 0.3 is 5.91 Å². The van der Waals surface area contributed by atoms with Crippen LogP contribution in [0.1, 0.15) is 17.0 Å². The minimum Gasteiger partial charge on any atom is -0.495 e. The molecule has 3 aromatic rings. The van der Waals surface area contributed by atoms with Gasteiger partial charge in [-0.3, -0.25) is 4.79 Å². The van der Waals surface area contributed by atoms with Gasteiger partial charge < -0.3 is 14.1 Å². The van der Waals surface area contributed by atoms with E-state index in [4.69, 9.17) is 9.15 Å². The smallest absolute Gasteiger partial charge is 0.300 e. The molecule has 0 spiro atoms. The van der Waals surface area contributed by atoms with Crippen molar-refractivity contribution >= 4 is 32.6 Å². The first kappa shape index (κ1) is 18.3. The number of methoxy groups -OCH3 is 1. The standard InChI is InChI=1S/C19H17FN2O5S/c1-26-15-5-2-3-6-18(15)28(24,25)21-19(23)17-11-13-14(20)9-12(10-16(13)27-17)22-7-4-8-22/h2-3,5-6,9-11H,4,7-8H2,1H3,(H,21,23). The van der Waals surface area contributed by atoms with Crippen LogP contribution in [0.3, 0.4) is 0 Å². The molecule has 146 valence electrons. The largest absolute Gasteiger partial charge is 0.495 e. The second kappa shape index (κ2) is 6.83. The van der Waals surface area contributed by atoms with Crippen LogP contribution in [0.5, 0.6) is 5.75 Å². The number of carbonyl (C=O) groups excluding carboxylic acids is 1. The normalized spacial score (nSPS) is 14.0. The fraction of sp³-hybridized carbons (Fsp3) is 0.211. The van der Waals surface area contributed by atoms with Crippen molar-refractivity contribution in [1.29, 1.82) is 0 Å². The monoisotopic (exact) mass is 404 g/mol. The molecule has 1 saturated heterocycles. The summed E-state index contributed by atoms with van der Waals surface area (Å²) in [6, 6.07) is 10.1. The Morgan fingerprint density at radius 2 is 1.96 bits per heavy atom. The summed E-state index contributed by atoms with van der Waals surface area (Å²) < 4.78 is 51.8. The van der Waals surface area contributed by atoms with Crippen LogP contribution in [0.4, 0.5) is 10.1 Å². The highest BCUT2D eigenvalue weighted by molar-refractivity contribution is 7.90. The van der Waals surface area contributed by atoms with E-state index in [0.29, 0.717) is 5.69 Å². The zero-order valence-corrected chi connectivity index (χ0v) is 15.8. The molecule has 7 nitrogen and oxygen atoms in total. The lowest BCUT2D eigenvalue weighted by Crippen LogP contribution is -2.36. The van der Waals surface area contributed by atoms with E-state index in [-0.39, 0.29) is 27.4 Å². The van der Waals surface area contributed by atoms with Gasteiger partial charge in [-0.1, -0.05) is 12.1 Å². The average Bonchev–Trinajstić information content (AvgIpc) is 3.05. The Hall–Kier alpha value is -3.07. The molecule has 0 saturated carbocycles. The molecular weight excluding hydrogens is 387 g/mol. The van der Waals surface area contributed by atoms with Crippen LogP contribution in [0.2, 0.25) is 0 Å². The number of ether oxygens (including phenoxy) is 1. The summed E-state index contributed by atoms with van der Waals surface area (Å²) >= 11 is 0. The molecule has 1 amide bonds. The number of nitrogens with one attached hydrogen (secondary N) is 1. The van der Waals surface area contributed by atoms with Crippen molar-refractivity contribution < 1.29 is 26.8 Å². The van der Waals surface area contributed by atoms with Gasteiger partial charge in [0.1, 0.15) is 22.0 Å². The molecular formula is C19H17FN2O5S. The SMILES string of the molecule is COc1ccccc1S(=O)(=O)NC(=O)c1cc2c(F)cc(N3CCC3)cc2o1. The van der Waals surface area contributed by atoms with Crippen LogP contribution in [0.25, 0.3) is 11.0 Å². The molecule has 0 atom stereocenters. The third-order valence-electron chi connectivity index (χ3n) is 4.60. The van der Waals surface area contributed by atoms with Gasteiger partial charge in [-0.15, -0.1) is 0 Å². The molecule has 0 bridgehead atoms. The van der Waals surface area contributed by atoms with E-state index >= 15 is 0 Å². The number of fused-ring (bicyclic) bond motifs is 1. The van der Waals surface area contributed by atoms with Crippen molar-refractivity contribution in [3.8, 4) is 5.75 Å². The molecule has 1 aromatic heterocycles. The van der Waals surface area contributed by atoms with Gasteiger partial charge in [0.05, 0.1) is 12.5 Å². The molecule has 1 aliphatic heterocycles. The summed E-state index contributed by atoms with van der Waals surface area (Å²) in [5.41, 5.74) is 0.848. The Balaban J connectivity index is 1.64.